The van der Waals surface area contributed by atoms with Crippen molar-refractivity contribution in [2.45, 2.75) is 19.9 Å². The lowest BCUT2D eigenvalue weighted by Crippen LogP contribution is -2.29. The second kappa shape index (κ2) is 7.95. The average Bonchev–Trinajstić information content (AvgIpc) is 3.29. The lowest BCUT2D eigenvalue weighted by atomic mass is 10.3. The van der Waals surface area contributed by atoms with E-state index in [2.05, 4.69) is 20.4 Å². The summed E-state index contributed by atoms with van der Waals surface area (Å²) in [6, 6.07) is 8.58. The molecule has 0 aliphatic heterocycles. The molecule has 0 saturated heterocycles. The lowest BCUT2D eigenvalue weighted by Gasteiger charge is -2.07. The quantitative estimate of drug-likeness (QED) is 0.483. The molecule has 0 saturated carbocycles. The van der Waals surface area contributed by atoms with Crippen LogP contribution in [-0.4, -0.2) is 37.3 Å². The smallest absolute Gasteiger partial charge is 0.328 e. The van der Waals surface area contributed by atoms with E-state index in [0.717, 1.165) is 21.7 Å². The van der Waals surface area contributed by atoms with Crippen LogP contribution in [0.3, 0.4) is 0 Å². The molecule has 0 unspecified atom stereocenters. The molecule has 4 aromatic rings. The van der Waals surface area contributed by atoms with E-state index in [1.54, 1.807) is 17.9 Å². The SMILES string of the molecule is COc1ccc2nc(-n3nc(C)cc3NC(=O)CCn3ccc(=O)[nH]c3=O)sc2c1. The van der Waals surface area contributed by atoms with Crippen LogP contribution in [0.4, 0.5) is 5.82 Å². The molecule has 0 fully saturated rings. The Balaban J connectivity index is 1.53. The molecule has 10 nitrogen and oxygen atoms in total. The Morgan fingerprint density at radius 2 is 2.10 bits per heavy atom. The van der Waals surface area contributed by atoms with Crippen LogP contribution in [0.25, 0.3) is 15.3 Å². The number of ether oxygens (including phenoxy) is 1. The zero-order valence-electron chi connectivity index (χ0n) is 16.2. The topological polar surface area (TPSA) is 124 Å². The maximum atomic E-state index is 12.4. The van der Waals surface area contributed by atoms with E-state index in [0.29, 0.717) is 10.9 Å². The van der Waals surface area contributed by atoms with E-state index in [-0.39, 0.29) is 18.9 Å². The van der Waals surface area contributed by atoms with Crippen molar-refractivity contribution in [3.05, 3.63) is 63.1 Å². The van der Waals surface area contributed by atoms with Gasteiger partial charge in [-0.15, -0.1) is 0 Å². The Hall–Kier alpha value is -3.73. The number of H-pyrrole nitrogens is 1. The van der Waals surface area contributed by atoms with Crippen molar-refractivity contribution in [2.24, 2.45) is 0 Å². The molecule has 2 N–H and O–H groups in total. The van der Waals surface area contributed by atoms with Crippen molar-refractivity contribution in [3.63, 3.8) is 0 Å². The molecule has 0 radical (unpaired) electrons. The molecule has 0 aliphatic rings. The molecule has 1 amide bonds. The van der Waals surface area contributed by atoms with Crippen molar-refractivity contribution in [1.29, 1.82) is 0 Å². The zero-order chi connectivity index (χ0) is 21.3. The van der Waals surface area contributed by atoms with Gasteiger partial charge in [0.1, 0.15) is 11.6 Å². The van der Waals surface area contributed by atoms with Gasteiger partial charge >= 0.3 is 5.69 Å². The molecular weight excluding hydrogens is 408 g/mol. The molecule has 0 bridgehead atoms. The van der Waals surface area contributed by atoms with Crippen molar-refractivity contribution >= 4 is 33.3 Å². The molecule has 11 heteroatoms. The lowest BCUT2D eigenvalue weighted by molar-refractivity contribution is -0.116. The number of fused-ring (bicyclic) bond motifs is 1. The van der Waals surface area contributed by atoms with Gasteiger partial charge in [-0.3, -0.25) is 14.6 Å². The summed E-state index contributed by atoms with van der Waals surface area (Å²) in [5.41, 5.74) is 0.493. The highest BCUT2D eigenvalue weighted by molar-refractivity contribution is 7.20. The van der Waals surface area contributed by atoms with E-state index in [9.17, 15) is 14.4 Å². The Morgan fingerprint density at radius 1 is 1.27 bits per heavy atom. The zero-order valence-corrected chi connectivity index (χ0v) is 17.0. The summed E-state index contributed by atoms with van der Waals surface area (Å²) in [4.78, 5) is 42.0. The molecule has 3 aromatic heterocycles. The molecule has 0 atom stereocenters. The number of nitrogens with one attached hydrogen (secondary N) is 2. The van der Waals surface area contributed by atoms with Crippen LogP contribution in [0.15, 0.2) is 46.1 Å². The summed E-state index contributed by atoms with van der Waals surface area (Å²) in [5.74, 6) is 0.926. The van der Waals surface area contributed by atoms with Crippen molar-refractivity contribution < 1.29 is 9.53 Å². The highest BCUT2D eigenvalue weighted by atomic mass is 32.1. The fourth-order valence-electron chi connectivity index (χ4n) is 2.89. The normalized spacial score (nSPS) is 11.0. The molecule has 30 heavy (non-hydrogen) atoms. The maximum absolute atomic E-state index is 12.4. The number of carbonyl (C=O) groups is 1. The van der Waals surface area contributed by atoms with Gasteiger partial charge in [0.05, 0.1) is 23.0 Å². The number of benzene rings is 1. The molecule has 4 rings (SSSR count). The number of aromatic amines is 1. The van der Waals surface area contributed by atoms with E-state index in [4.69, 9.17) is 4.74 Å². The number of anilines is 1. The largest absolute Gasteiger partial charge is 0.497 e. The van der Waals surface area contributed by atoms with Crippen LogP contribution in [-0.2, 0) is 11.3 Å². The minimum Gasteiger partial charge on any atom is -0.497 e. The molecule has 0 aliphatic carbocycles. The third-order valence-electron chi connectivity index (χ3n) is 4.34. The predicted molar refractivity (Wildman–Crippen MR) is 113 cm³/mol. The number of methoxy groups -OCH3 is 1. The van der Waals surface area contributed by atoms with Crippen molar-refractivity contribution in [3.8, 4) is 10.9 Å². The Kier molecular flexibility index (Phi) is 5.19. The molecule has 154 valence electrons. The van der Waals surface area contributed by atoms with Crippen LogP contribution in [0.2, 0.25) is 0 Å². The van der Waals surface area contributed by atoms with Crippen LogP contribution in [0, 0.1) is 6.92 Å². The van der Waals surface area contributed by atoms with Crippen LogP contribution in [0.1, 0.15) is 12.1 Å². The summed E-state index contributed by atoms with van der Waals surface area (Å²) >= 11 is 1.43. The standard InChI is InChI=1S/C19H18N6O4S/c1-11-9-15(21-16(26)5-7-24-8-6-17(27)22-18(24)28)25(23-11)19-20-13-4-3-12(29-2)10-14(13)30-19/h3-4,6,8-10H,5,7H2,1-2H3,(H,21,26)(H,22,27,28). The fraction of sp³-hybridized carbons (Fsp3) is 0.211. The fourth-order valence-corrected chi connectivity index (χ4v) is 3.85. The van der Waals surface area contributed by atoms with E-state index >= 15 is 0 Å². The number of thiazole rings is 1. The number of hydrogen-bond donors (Lipinski definition) is 2. The highest BCUT2D eigenvalue weighted by Gasteiger charge is 2.15. The van der Waals surface area contributed by atoms with Gasteiger partial charge in [0.15, 0.2) is 0 Å². The minimum absolute atomic E-state index is 0.0488. The Morgan fingerprint density at radius 3 is 2.87 bits per heavy atom. The van der Waals surface area contributed by atoms with Gasteiger partial charge in [-0.2, -0.15) is 9.78 Å². The summed E-state index contributed by atoms with van der Waals surface area (Å²) in [7, 11) is 1.61. The molecule has 1 aromatic carbocycles. The first-order valence-corrected chi connectivity index (χ1v) is 9.86. The summed E-state index contributed by atoms with van der Waals surface area (Å²) in [6.45, 7) is 1.96. The van der Waals surface area contributed by atoms with Crippen LogP contribution in [0.5, 0.6) is 5.75 Å². The van der Waals surface area contributed by atoms with Crippen molar-refractivity contribution in [2.75, 3.05) is 12.4 Å². The number of hydrogen-bond acceptors (Lipinski definition) is 7. The third kappa shape index (κ3) is 4.01. The second-order valence-corrected chi connectivity index (χ2v) is 7.52. The van der Waals surface area contributed by atoms with Gasteiger partial charge in [-0.05, 0) is 25.1 Å². The molecular formula is C19H18N6O4S. The number of nitrogens with zero attached hydrogens (tertiary/aromatic N) is 4. The van der Waals surface area contributed by atoms with E-state index < -0.39 is 11.2 Å². The van der Waals surface area contributed by atoms with Gasteiger partial charge in [0.25, 0.3) is 5.56 Å². The van der Waals surface area contributed by atoms with Gasteiger partial charge in [-0.1, -0.05) is 11.3 Å². The first kappa shape index (κ1) is 19.6. The predicted octanol–water partition coefficient (Wildman–Crippen LogP) is 1.68. The first-order valence-electron chi connectivity index (χ1n) is 9.04. The number of rotatable bonds is 6. The monoisotopic (exact) mass is 426 g/mol. The number of aromatic nitrogens is 5. The van der Waals surface area contributed by atoms with Gasteiger partial charge in [0, 0.05) is 31.3 Å². The maximum Gasteiger partial charge on any atom is 0.328 e. The Labute approximate surface area is 173 Å². The van der Waals surface area contributed by atoms with Crippen LogP contribution >= 0.6 is 11.3 Å². The number of carbonyl (C=O) groups excluding carboxylic acids is 1. The number of aryl methyl sites for hydroxylation is 2. The van der Waals surface area contributed by atoms with Crippen molar-refractivity contribution in [1.82, 2.24) is 24.3 Å². The summed E-state index contributed by atoms with van der Waals surface area (Å²) < 4.78 is 9.04. The average molecular weight is 426 g/mol. The van der Waals surface area contributed by atoms with Crippen LogP contribution < -0.4 is 21.3 Å². The van der Waals surface area contributed by atoms with Gasteiger partial charge in [-0.25, -0.2) is 9.78 Å². The second-order valence-electron chi connectivity index (χ2n) is 6.51. The molecule has 0 spiro atoms. The molecule has 3 heterocycles. The minimum atomic E-state index is -0.555. The number of amides is 1. The van der Waals surface area contributed by atoms with E-state index in [1.807, 2.05) is 25.1 Å². The van der Waals surface area contributed by atoms with E-state index in [1.165, 1.54) is 28.2 Å². The summed E-state index contributed by atoms with van der Waals surface area (Å²) in [5, 5.41) is 7.86. The summed E-state index contributed by atoms with van der Waals surface area (Å²) in [6.07, 6.45) is 1.41. The van der Waals surface area contributed by atoms with Gasteiger partial charge in [0.2, 0.25) is 11.0 Å². The Bertz CT molecular complexity index is 1350. The highest BCUT2D eigenvalue weighted by Crippen LogP contribution is 2.30. The first-order chi connectivity index (χ1) is 14.4. The van der Waals surface area contributed by atoms with Gasteiger partial charge < -0.3 is 14.6 Å². The third-order valence-corrected chi connectivity index (χ3v) is 5.33.